The Kier molecular flexibility index (Phi) is 5.31. The van der Waals surface area contributed by atoms with Crippen LogP contribution in [0.15, 0.2) is 72.9 Å². The van der Waals surface area contributed by atoms with Crippen LogP contribution < -0.4 is 10.2 Å². The molecule has 25 heavy (non-hydrogen) atoms. The molecule has 0 atom stereocenters. The van der Waals surface area contributed by atoms with Crippen molar-refractivity contribution in [2.24, 2.45) is 0 Å². The number of hydrogen-bond acceptors (Lipinski definition) is 3. The van der Waals surface area contributed by atoms with Crippen molar-refractivity contribution < 1.29 is 4.79 Å². The van der Waals surface area contributed by atoms with Crippen LogP contribution in [0.1, 0.15) is 15.9 Å². The summed E-state index contributed by atoms with van der Waals surface area (Å²) in [5.41, 5.74) is 2.75. The van der Waals surface area contributed by atoms with Gasteiger partial charge in [0, 0.05) is 24.2 Å². The normalized spacial score (nSPS) is 10.3. The largest absolute Gasteiger partial charge is 0.369 e. The van der Waals surface area contributed by atoms with E-state index in [0.717, 1.165) is 12.2 Å². The van der Waals surface area contributed by atoms with Gasteiger partial charge in [0.1, 0.15) is 5.82 Å². The van der Waals surface area contributed by atoms with E-state index in [-0.39, 0.29) is 5.91 Å². The van der Waals surface area contributed by atoms with Gasteiger partial charge >= 0.3 is 0 Å². The van der Waals surface area contributed by atoms with E-state index in [9.17, 15) is 4.79 Å². The van der Waals surface area contributed by atoms with Crippen LogP contribution in [-0.4, -0.2) is 17.9 Å². The molecule has 0 saturated carbocycles. The minimum Gasteiger partial charge on any atom is -0.369 e. The molecule has 0 aliphatic rings. The quantitative estimate of drug-likeness (QED) is 0.729. The zero-order valence-electron chi connectivity index (χ0n) is 13.8. The molecule has 126 valence electrons. The highest BCUT2D eigenvalue weighted by atomic mass is 35.5. The lowest BCUT2D eigenvalue weighted by Gasteiger charge is -2.19. The van der Waals surface area contributed by atoms with Gasteiger partial charge in [0.15, 0.2) is 0 Å². The van der Waals surface area contributed by atoms with E-state index in [2.05, 4.69) is 27.3 Å². The first-order valence-corrected chi connectivity index (χ1v) is 8.27. The lowest BCUT2D eigenvalue weighted by molar-refractivity contribution is 0.102. The predicted molar refractivity (Wildman–Crippen MR) is 102 cm³/mol. The van der Waals surface area contributed by atoms with Crippen LogP contribution in [0.25, 0.3) is 0 Å². The number of nitrogens with zero attached hydrogens (tertiary/aromatic N) is 2. The lowest BCUT2D eigenvalue weighted by atomic mass is 10.2. The van der Waals surface area contributed by atoms with E-state index in [0.29, 0.717) is 16.4 Å². The Balaban J connectivity index is 1.63. The Morgan fingerprint density at radius 3 is 2.40 bits per heavy atom. The Bertz CT molecular complexity index is 833. The van der Waals surface area contributed by atoms with E-state index in [1.807, 2.05) is 31.3 Å². The molecule has 1 aromatic heterocycles. The van der Waals surface area contributed by atoms with Gasteiger partial charge in [-0.2, -0.15) is 0 Å². The summed E-state index contributed by atoms with van der Waals surface area (Å²) in [5.74, 6) is 0.298. The molecule has 0 bridgehead atoms. The van der Waals surface area contributed by atoms with Crippen LogP contribution in [0.3, 0.4) is 0 Å². The summed E-state index contributed by atoms with van der Waals surface area (Å²) in [4.78, 5) is 18.6. The third-order valence-corrected chi connectivity index (χ3v) is 4.05. The van der Waals surface area contributed by atoms with E-state index in [1.54, 1.807) is 36.5 Å². The molecule has 1 amide bonds. The van der Waals surface area contributed by atoms with Crippen molar-refractivity contribution >= 4 is 29.0 Å². The first-order chi connectivity index (χ1) is 12.1. The molecule has 3 aromatic rings. The number of pyridine rings is 1. The number of aromatic nitrogens is 1. The van der Waals surface area contributed by atoms with Gasteiger partial charge < -0.3 is 10.2 Å². The Hall–Kier alpha value is -2.85. The molecule has 1 heterocycles. The van der Waals surface area contributed by atoms with E-state index >= 15 is 0 Å². The maximum absolute atomic E-state index is 12.2. The van der Waals surface area contributed by atoms with Crippen molar-refractivity contribution in [3.05, 3.63) is 89.1 Å². The second-order valence-corrected chi connectivity index (χ2v) is 6.14. The molecule has 0 radical (unpaired) electrons. The zero-order valence-corrected chi connectivity index (χ0v) is 14.6. The van der Waals surface area contributed by atoms with Crippen molar-refractivity contribution in [2.45, 2.75) is 6.54 Å². The van der Waals surface area contributed by atoms with Crippen LogP contribution in [0, 0.1) is 0 Å². The molecule has 0 aliphatic carbocycles. The highest BCUT2D eigenvalue weighted by Crippen LogP contribution is 2.17. The smallest absolute Gasteiger partial charge is 0.256 e. The van der Waals surface area contributed by atoms with Gasteiger partial charge in [-0.15, -0.1) is 0 Å². The van der Waals surface area contributed by atoms with Crippen molar-refractivity contribution in [2.75, 3.05) is 17.3 Å². The van der Waals surface area contributed by atoms with Crippen LogP contribution in [0.2, 0.25) is 5.02 Å². The molecule has 0 spiro atoms. The maximum atomic E-state index is 12.2. The third-order valence-electron chi connectivity index (χ3n) is 3.80. The highest BCUT2D eigenvalue weighted by Gasteiger charge is 2.08. The van der Waals surface area contributed by atoms with Crippen molar-refractivity contribution in [3.63, 3.8) is 0 Å². The molecule has 0 unspecified atom stereocenters. The fourth-order valence-corrected chi connectivity index (χ4v) is 2.55. The van der Waals surface area contributed by atoms with Gasteiger partial charge in [-0.05, 0) is 42.0 Å². The fourth-order valence-electron chi connectivity index (χ4n) is 2.42. The second kappa shape index (κ2) is 7.81. The van der Waals surface area contributed by atoms with Crippen LogP contribution >= 0.6 is 11.6 Å². The maximum Gasteiger partial charge on any atom is 0.256 e. The molecule has 5 heteroatoms. The standard InChI is InChI=1S/C20H18ClN3O/c1-24(14-15-5-3-2-4-6-15)18-11-12-19(22-13-18)23-20(25)16-7-9-17(21)10-8-16/h2-13H,14H2,1H3,(H,22,23,25). The number of halogens is 1. The number of carbonyl (C=O) groups is 1. The average Bonchev–Trinajstić information content (AvgIpc) is 2.63. The Morgan fingerprint density at radius 1 is 1.04 bits per heavy atom. The van der Waals surface area contributed by atoms with Crippen LogP contribution in [0.5, 0.6) is 0 Å². The zero-order chi connectivity index (χ0) is 17.6. The van der Waals surface area contributed by atoms with Crippen molar-refractivity contribution in [1.82, 2.24) is 4.98 Å². The Labute approximate surface area is 152 Å². The molecule has 3 rings (SSSR count). The van der Waals surface area contributed by atoms with Gasteiger partial charge in [0.2, 0.25) is 0 Å². The summed E-state index contributed by atoms with van der Waals surface area (Å²) in [6.07, 6.45) is 1.75. The number of benzene rings is 2. The van der Waals surface area contributed by atoms with E-state index < -0.39 is 0 Å². The summed E-state index contributed by atoms with van der Waals surface area (Å²) < 4.78 is 0. The van der Waals surface area contributed by atoms with Gasteiger partial charge in [-0.3, -0.25) is 4.79 Å². The first kappa shape index (κ1) is 17.0. The Morgan fingerprint density at radius 2 is 1.76 bits per heavy atom. The predicted octanol–water partition coefficient (Wildman–Crippen LogP) is 4.62. The molecule has 0 aliphatic heterocycles. The SMILES string of the molecule is CN(Cc1ccccc1)c1ccc(NC(=O)c2ccc(Cl)cc2)nc1. The molecular weight excluding hydrogens is 334 g/mol. The molecular formula is C20H18ClN3O. The average molecular weight is 352 g/mol. The summed E-state index contributed by atoms with van der Waals surface area (Å²) in [6.45, 7) is 0.791. The number of carbonyl (C=O) groups excluding carboxylic acids is 1. The topological polar surface area (TPSA) is 45.2 Å². The monoisotopic (exact) mass is 351 g/mol. The van der Waals surface area contributed by atoms with Crippen LogP contribution in [0.4, 0.5) is 11.5 Å². The third kappa shape index (κ3) is 4.58. The summed E-state index contributed by atoms with van der Waals surface area (Å²) in [6, 6.07) is 20.7. The highest BCUT2D eigenvalue weighted by molar-refractivity contribution is 6.30. The van der Waals surface area contributed by atoms with E-state index in [1.165, 1.54) is 5.56 Å². The summed E-state index contributed by atoms with van der Waals surface area (Å²) >= 11 is 5.83. The fraction of sp³-hybridized carbons (Fsp3) is 0.100. The number of nitrogens with one attached hydrogen (secondary N) is 1. The second-order valence-electron chi connectivity index (χ2n) is 5.70. The minimum absolute atomic E-state index is 0.213. The van der Waals surface area contributed by atoms with Gasteiger partial charge in [0.25, 0.3) is 5.91 Å². The summed E-state index contributed by atoms with van der Waals surface area (Å²) in [5, 5.41) is 3.38. The van der Waals surface area contributed by atoms with Crippen molar-refractivity contribution in [3.8, 4) is 0 Å². The van der Waals surface area contributed by atoms with Gasteiger partial charge in [-0.1, -0.05) is 41.9 Å². The number of hydrogen-bond donors (Lipinski definition) is 1. The first-order valence-electron chi connectivity index (χ1n) is 7.90. The van der Waals surface area contributed by atoms with E-state index in [4.69, 9.17) is 11.6 Å². The van der Waals surface area contributed by atoms with Crippen molar-refractivity contribution in [1.29, 1.82) is 0 Å². The molecule has 0 fully saturated rings. The number of rotatable bonds is 5. The number of amides is 1. The minimum atomic E-state index is -0.213. The summed E-state index contributed by atoms with van der Waals surface area (Å²) in [7, 11) is 2.01. The molecule has 1 N–H and O–H groups in total. The molecule has 4 nitrogen and oxygen atoms in total. The van der Waals surface area contributed by atoms with Gasteiger partial charge in [0.05, 0.1) is 11.9 Å². The van der Waals surface area contributed by atoms with Crippen LogP contribution in [-0.2, 0) is 6.54 Å². The lowest BCUT2D eigenvalue weighted by Crippen LogP contribution is -2.17. The van der Waals surface area contributed by atoms with Gasteiger partial charge in [-0.25, -0.2) is 4.98 Å². The number of anilines is 2. The molecule has 2 aromatic carbocycles. The molecule has 0 saturated heterocycles.